The summed E-state index contributed by atoms with van der Waals surface area (Å²) in [6.07, 6.45) is 29.0. The summed E-state index contributed by atoms with van der Waals surface area (Å²) in [6, 6.07) is 1.58. The molecule has 0 aliphatic heterocycles. The first-order valence-corrected chi connectivity index (χ1v) is 14.0. The first-order valence-electron chi connectivity index (χ1n) is 14.0. The number of pyridine rings is 1. The van der Waals surface area contributed by atoms with Gasteiger partial charge in [-0.05, 0) is 13.3 Å². The van der Waals surface area contributed by atoms with Crippen LogP contribution in [0.25, 0.3) is 0 Å². The van der Waals surface area contributed by atoms with Gasteiger partial charge in [0.15, 0.2) is 0 Å². The lowest BCUT2D eigenvalue weighted by Gasteiger charge is -2.08. The summed E-state index contributed by atoms with van der Waals surface area (Å²) >= 11 is 0. The van der Waals surface area contributed by atoms with Crippen molar-refractivity contribution in [3.8, 4) is 0 Å². The molecule has 0 atom stereocenters. The Hall–Kier alpha value is -1.65. The molecule has 1 rings (SSSR count). The number of hydrogen-bond acceptors (Lipinski definition) is 4. The second-order valence-corrected chi connectivity index (χ2v) is 9.73. The fourth-order valence-corrected chi connectivity index (χ4v) is 4.40. The highest BCUT2D eigenvalue weighted by molar-refractivity contribution is 5.53. The van der Waals surface area contributed by atoms with E-state index < -0.39 is 4.92 Å². The molecule has 0 aliphatic carbocycles. The lowest BCUT2D eigenvalue weighted by atomic mass is 10.0. The van der Waals surface area contributed by atoms with E-state index in [9.17, 15) is 10.1 Å². The number of nitrogens with one attached hydrogen (secondary N) is 1. The largest absolute Gasteiger partial charge is 0.383 e. The van der Waals surface area contributed by atoms with Gasteiger partial charge in [-0.2, -0.15) is 0 Å². The van der Waals surface area contributed by atoms with E-state index in [2.05, 4.69) is 17.2 Å². The van der Waals surface area contributed by atoms with Crippen molar-refractivity contribution in [3.63, 3.8) is 0 Å². The number of anilines is 1. The summed E-state index contributed by atoms with van der Waals surface area (Å²) in [5.74, 6) is 0. The minimum atomic E-state index is -0.393. The number of nitrogens with zero attached hydrogens (tertiary/aromatic N) is 2. The molecule has 1 heterocycles. The maximum Gasteiger partial charge on any atom is 0.289 e. The quantitative estimate of drug-likeness (QED) is 0.100. The number of nitro groups is 1. The Morgan fingerprint density at radius 2 is 1.12 bits per heavy atom. The maximum atomic E-state index is 10.9. The third kappa shape index (κ3) is 16.6. The molecule has 1 aromatic heterocycles. The van der Waals surface area contributed by atoms with Crippen molar-refractivity contribution in [1.29, 1.82) is 0 Å². The third-order valence-electron chi connectivity index (χ3n) is 6.63. The van der Waals surface area contributed by atoms with Gasteiger partial charge in [0, 0.05) is 12.6 Å². The Morgan fingerprint density at radius 1 is 0.727 bits per heavy atom. The van der Waals surface area contributed by atoms with E-state index in [0.717, 1.165) is 24.3 Å². The molecule has 1 aromatic rings. The maximum absolute atomic E-state index is 10.9. The predicted octanol–water partition coefficient (Wildman–Crippen LogP) is 9.53. The van der Waals surface area contributed by atoms with Crippen LogP contribution in [0.5, 0.6) is 0 Å². The second-order valence-electron chi connectivity index (χ2n) is 9.73. The Labute approximate surface area is 203 Å². The van der Waals surface area contributed by atoms with Gasteiger partial charge in [-0.1, -0.05) is 129 Å². The van der Waals surface area contributed by atoms with E-state index in [1.165, 1.54) is 128 Å². The SMILES string of the molecule is CCCCCCCCCCCCCCCCCCCCCCNc1cc([N+](=O)[O-])cnc1C. The van der Waals surface area contributed by atoms with Gasteiger partial charge in [0.25, 0.3) is 5.69 Å². The molecule has 0 fully saturated rings. The summed E-state index contributed by atoms with van der Waals surface area (Å²) in [6.45, 7) is 5.01. The molecule has 5 nitrogen and oxygen atoms in total. The molecule has 5 heteroatoms. The molecular formula is C28H51N3O2. The Bertz CT molecular complexity index is 607. The topological polar surface area (TPSA) is 68.1 Å². The van der Waals surface area contributed by atoms with Crippen molar-refractivity contribution < 1.29 is 4.92 Å². The summed E-state index contributed by atoms with van der Waals surface area (Å²) < 4.78 is 0. The van der Waals surface area contributed by atoms with Crippen LogP contribution < -0.4 is 5.32 Å². The van der Waals surface area contributed by atoms with Crippen LogP contribution in [0, 0.1) is 17.0 Å². The number of aryl methyl sites for hydroxylation is 1. The highest BCUT2D eigenvalue weighted by Crippen LogP contribution is 2.20. The molecule has 0 aromatic carbocycles. The Balaban J connectivity index is 1.80. The molecule has 0 unspecified atom stereocenters. The van der Waals surface area contributed by atoms with E-state index >= 15 is 0 Å². The minimum Gasteiger partial charge on any atom is -0.383 e. The van der Waals surface area contributed by atoms with Crippen LogP contribution in [0.1, 0.15) is 141 Å². The predicted molar refractivity (Wildman–Crippen MR) is 142 cm³/mol. The fourth-order valence-electron chi connectivity index (χ4n) is 4.40. The van der Waals surface area contributed by atoms with Crippen molar-refractivity contribution in [1.82, 2.24) is 4.98 Å². The van der Waals surface area contributed by atoms with Crippen LogP contribution in [-0.4, -0.2) is 16.5 Å². The second kappa shape index (κ2) is 20.9. The molecule has 0 bridgehead atoms. The molecule has 1 N–H and O–H groups in total. The van der Waals surface area contributed by atoms with Crippen molar-refractivity contribution in [3.05, 3.63) is 28.1 Å². The summed E-state index contributed by atoms with van der Waals surface area (Å²) in [4.78, 5) is 14.6. The standard InChI is InChI=1S/C28H51N3O2/c1-3-4-5-6-7-8-9-10-11-12-13-14-15-16-17-18-19-20-21-22-23-29-28-24-27(31(32)33)25-30-26(28)2/h24-25,29H,3-23H2,1-2H3. The zero-order chi connectivity index (χ0) is 24.0. The molecule has 0 aliphatic rings. The van der Waals surface area contributed by atoms with Gasteiger partial charge >= 0.3 is 0 Å². The van der Waals surface area contributed by atoms with Crippen LogP contribution >= 0.6 is 0 Å². The zero-order valence-corrected chi connectivity index (χ0v) is 21.7. The van der Waals surface area contributed by atoms with Crippen LogP contribution in [0.15, 0.2) is 12.3 Å². The van der Waals surface area contributed by atoms with Gasteiger partial charge in [0.1, 0.15) is 6.20 Å². The number of rotatable bonds is 23. The zero-order valence-electron chi connectivity index (χ0n) is 21.7. The first-order chi connectivity index (χ1) is 16.1. The van der Waals surface area contributed by atoms with Crippen LogP contribution in [0.3, 0.4) is 0 Å². The monoisotopic (exact) mass is 461 g/mol. The van der Waals surface area contributed by atoms with Gasteiger partial charge in [-0.3, -0.25) is 15.1 Å². The van der Waals surface area contributed by atoms with Crippen LogP contribution in [0.4, 0.5) is 11.4 Å². The van der Waals surface area contributed by atoms with Gasteiger partial charge in [0.05, 0.1) is 16.3 Å². The summed E-state index contributed by atoms with van der Waals surface area (Å²) in [5, 5.41) is 14.2. The van der Waals surface area contributed by atoms with Gasteiger partial charge in [-0.15, -0.1) is 0 Å². The molecule has 0 spiro atoms. The smallest absolute Gasteiger partial charge is 0.289 e. The van der Waals surface area contributed by atoms with Crippen LogP contribution in [0.2, 0.25) is 0 Å². The molecular weight excluding hydrogens is 410 g/mol. The normalized spacial score (nSPS) is 11.1. The first kappa shape index (κ1) is 29.4. The molecule has 190 valence electrons. The van der Waals surface area contributed by atoms with E-state index in [0.29, 0.717) is 0 Å². The van der Waals surface area contributed by atoms with Crippen molar-refractivity contribution in [2.45, 2.75) is 142 Å². The van der Waals surface area contributed by atoms with Gasteiger partial charge in [0.2, 0.25) is 0 Å². The summed E-state index contributed by atoms with van der Waals surface area (Å²) in [5.41, 5.74) is 1.64. The van der Waals surface area contributed by atoms with E-state index in [-0.39, 0.29) is 5.69 Å². The summed E-state index contributed by atoms with van der Waals surface area (Å²) in [7, 11) is 0. The van der Waals surface area contributed by atoms with Crippen molar-refractivity contribution in [2.75, 3.05) is 11.9 Å². The molecule has 0 saturated heterocycles. The van der Waals surface area contributed by atoms with Gasteiger partial charge in [-0.25, -0.2) is 0 Å². The average Bonchev–Trinajstić information content (AvgIpc) is 2.81. The highest BCUT2D eigenvalue weighted by Gasteiger charge is 2.09. The Kier molecular flexibility index (Phi) is 18.6. The number of hydrogen-bond donors (Lipinski definition) is 1. The number of unbranched alkanes of at least 4 members (excludes halogenated alkanes) is 19. The molecule has 33 heavy (non-hydrogen) atoms. The van der Waals surface area contributed by atoms with Crippen molar-refractivity contribution in [2.24, 2.45) is 0 Å². The average molecular weight is 462 g/mol. The fraction of sp³-hybridized carbons (Fsp3) is 0.821. The lowest BCUT2D eigenvalue weighted by molar-refractivity contribution is -0.385. The van der Waals surface area contributed by atoms with Crippen molar-refractivity contribution >= 4 is 11.4 Å². The Morgan fingerprint density at radius 3 is 1.52 bits per heavy atom. The minimum absolute atomic E-state index is 0.0478. The lowest BCUT2D eigenvalue weighted by Crippen LogP contribution is -2.04. The molecule has 0 saturated carbocycles. The van der Waals surface area contributed by atoms with Gasteiger partial charge < -0.3 is 5.32 Å². The van der Waals surface area contributed by atoms with E-state index in [1.807, 2.05) is 6.92 Å². The molecule has 0 radical (unpaired) electrons. The molecule has 0 amide bonds. The highest BCUT2D eigenvalue weighted by atomic mass is 16.6. The van der Waals surface area contributed by atoms with E-state index in [4.69, 9.17) is 0 Å². The van der Waals surface area contributed by atoms with E-state index in [1.54, 1.807) is 6.07 Å². The number of aromatic nitrogens is 1. The third-order valence-corrected chi connectivity index (χ3v) is 6.63. The van der Waals surface area contributed by atoms with Crippen LogP contribution in [-0.2, 0) is 0 Å².